The molecule has 138 valence electrons. The van der Waals surface area contributed by atoms with Gasteiger partial charge in [0.15, 0.2) is 0 Å². The number of methoxy groups -OCH3 is 1. The summed E-state index contributed by atoms with van der Waals surface area (Å²) in [4.78, 5) is 11.1. The molecule has 1 N–H and O–H groups in total. The van der Waals surface area contributed by atoms with Crippen LogP contribution < -0.4 is 10.3 Å². The van der Waals surface area contributed by atoms with Crippen LogP contribution in [0.15, 0.2) is 22.1 Å². The lowest BCUT2D eigenvalue weighted by atomic mass is 9.80. The van der Waals surface area contributed by atoms with Crippen molar-refractivity contribution < 1.29 is 9.26 Å². The molecule has 0 radical (unpaired) electrons. The quantitative estimate of drug-likeness (QED) is 0.898. The summed E-state index contributed by atoms with van der Waals surface area (Å²) in [5.74, 6) is 3.04. The van der Waals surface area contributed by atoms with E-state index in [0.29, 0.717) is 29.5 Å². The number of hydrazone groups is 1. The molecule has 1 fully saturated rings. The average Bonchev–Trinajstić information content (AvgIpc) is 3.38. The van der Waals surface area contributed by atoms with Crippen LogP contribution in [0.25, 0.3) is 0 Å². The Morgan fingerprint density at radius 3 is 3.00 bits per heavy atom. The molecule has 2 aliphatic heterocycles. The molecule has 0 amide bonds. The minimum Gasteiger partial charge on any atom is -0.371 e. The van der Waals surface area contributed by atoms with E-state index in [4.69, 9.17) is 9.26 Å². The predicted octanol–water partition coefficient (Wildman–Crippen LogP) is 1.99. The van der Waals surface area contributed by atoms with Gasteiger partial charge in [0, 0.05) is 19.1 Å². The number of rotatable bonds is 3. The van der Waals surface area contributed by atoms with Crippen molar-refractivity contribution in [1.29, 1.82) is 0 Å². The molecule has 0 bridgehead atoms. The first-order valence-electron chi connectivity index (χ1n) is 9.14. The molecular formula is C17H23N7O2. The normalized spacial score (nSPS) is 27.4. The molecule has 0 spiro atoms. The SMILES string of the molecule is COC(C)(C)c1noc(C2=NNC3C4CCCCC4n4cncc4N23)n1. The van der Waals surface area contributed by atoms with Gasteiger partial charge in [-0.3, -0.25) is 10.3 Å². The fourth-order valence-electron chi connectivity index (χ4n) is 4.30. The van der Waals surface area contributed by atoms with Gasteiger partial charge in [0.25, 0.3) is 5.89 Å². The highest BCUT2D eigenvalue weighted by molar-refractivity contribution is 6.08. The summed E-state index contributed by atoms with van der Waals surface area (Å²) in [7, 11) is 1.63. The Morgan fingerprint density at radius 1 is 1.31 bits per heavy atom. The van der Waals surface area contributed by atoms with Gasteiger partial charge in [-0.1, -0.05) is 18.0 Å². The number of imidazole rings is 1. The maximum absolute atomic E-state index is 5.53. The number of anilines is 1. The van der Waals surface area contributed by atoms with Gasteiger partial charge < -0.3 is 13.8 Å². The third-order valence-electron chi connectivity index (χ3n) is 5.91. The van der Waals surface area contributed by atoms with Gasteiger partial charge in [0.1, 0.15) is 17.6 Å². The molecule has 0 aromatic carbocycles. The topological polar surface area (TPSA) is 93.6 Å². The number of amidine groups is 1. The van der Waals surface area contributed by atoms with Crippen molar-refractivity contribution in [1.82, 2.24) is 25.1 Å². The van der Waals surface area contributed by atoms with Crippen LogP contribution in [0.2, 0.25) is 0 Å². The van der Waals surface area contributed by atoms with E-state index in [0.717, 1.165) is 5.82 Å². The minimum absolute atomic E-state index is 0.102. The van der Waals surface area contributed by atoms with Crippen LogP contribution in [-0.4, -0.2) is 38.8 Å². The standard InChI is InChI=1S/C17H23N7O2/c1-17(2,25-3)16-19-15(26-22-16)14-21-20-13-10-6-4-5-7-11(10)23-9-18-8-12(23)24(13)14/h8-11,13,20H,4-7H2,1-3H3. The van der Waals surface area contributed by atoms with Crippen LogP contribution in [0.1, 0.15) is 57.3 Å². The lowest BCUT2D eigenvalue weighted by Gasteiger charge is -2.45. The maximum Gasteiger partial charge on any atom is 0.295 e. The molecule has 3 unspecified atom stereocenters. The Kier molecular flexibility index (Phi) is 3.37. The second-order valence-electron chi connectivity index (χ2n) is 7.69. The van der Waals surface area contributed by atoms with Crippen molar-refractivity contribution in [3.05, 3.63) is 24.2 Å². The van der Waals surface area contributed by atoms with Crippen LogP contribution in [-0.2, 0) is 10.3 Å². The molecule has 1 aliphatic carbocycles. The molecule has 2 aromatic heterocycles. The fourth-order valence-corrected chi connectivity index (χ4v) is 4.30. The second-order valence-corrected chi connectivity index (χ2v) is 7.69. The first-order chi connectivity index (χ1) is 12.6. The Hall–Kier alpha value is -2.42. The van der Waals surface area contributed by atoms with Crippen molar-refractivity contribution in [3.8, 4) is 0 Å². The van der Waals surface area contributed by atoms with Gasteiger partial charge in [-0.25, -0.2) is 4.98 Å². The van der Waals surface area contributed by atoms with E-state index in [-0.39, 0.29) is 6.17 Å². The van der Waals surface area contributed by atoms with Crippen LogP contribution >= 0.6 is 0 Å². The van der Waals surface area contributed by atoms with Gasteiger partial charge >= 0.3 is 0 Å². The van der Waals surface area contributed by atoms with Crippen LogP contribution in [0.5, 0.6) is 0 Å². The highest BCUT2D eigenvalue weighted by Gasteiger charge is 2.48. The van der Waals surface area contributed by atoms with Gasteiger partial charge in [-0.2, -0.15) is 10.1 Å². The van der Waals surface area contributed by atoms with Gasteiger partial charge in [0.05, 0.1) is 12.5 Å². The lowest BCUT2D eigenvalue weighted by molar-refractivity contribution is 0.00973. The molecule has 9 heteroatoms. The van der Waals surface area contributed by atoms with Crippen molar-refractivity contribution in [2.24, 2.45) is 11.0 Å². The van der Waals surface area contributed by atoms with E-state index in [1.54, 1.807) is 7.11 Å². The lowest BCUT2D eigenvalue weighted by Crippen LogP contribution is -2.53. The summed E-state index contributed by atoms with van der Waals surface area (Å²) in [6.45, 7) is 3.81. The number of hydrogen-bond acceptors (Lipinski definition) is 8. The first kappa shape index (κ1) is 15.8. The van der Waals surface area contributed by atoms with E-state index in [1.165, 1.54) is 25.7 Å². The Bertz CT molecular complexity index is 855. The smallest absolute Gasteiger partial charge is 0.295 e. The zero-order valence-electron chi connectivity index (χ0n) is 15.2. The number of fused-ring (bicyclic) bond motifs is 6. The largest absolute Gasteiger partial charge is 0.371 e. The Labute approximate surface area is 151 Å². The summed E-state index contributed by atoms with van der Waals surface area (Å²) < 4.78 is 13.3. The third kappa shape index (κ3) is 2.13. The predicted molar refractivity (Wildman–Crippen MR) is 93.5 cm³/mol. The third-order valence-corrected chi connectivity index (χ3v) is 5.91. The number of aromatic nitrogens is 4. The number of hydrogen-bond donors (Lipinski definition) is 1. The van der Waals surface area contributed by atoms with Crippen molar-refractivity contribution >= 4 is 11.7 Å². The van der Waals surface area contributed by atoms with Crippen molar-refractivity contribution in [3.63, 3.8) is 0 Å². The number of nitrogens with one attached hydrogen (secondary N) is 1. The maximum atomic E-state index is 5.53. The van der Waals surface area contributed by atoms with Gasteiger partial charge in [-0.15, -0.1) is 0 Å². The Balaban J connectivity index is 1.54. The van der Waals surface area contributed by atoms with E-state index in [1.807, 2.05) is 26.4 Å². The molecule has 0 saturated heterocycles. The van der Waals surface area contributed by atoms with Crippen molar-refractivity contribution in [2.75, 3.05) is 12.0 Å². The summed E-state index contributed by atoms with van der Waals surface area (Å²) >= 11 is 0. The van der Waals surface area contributed by atoms with E-state index in [9.17, 15) is 0 Å². The van der Waals surface area contributed by atoms with Gasteiger partial charge in [-0.05, 0) is 26.7 Å². The molecule has 1 saturated carbocycles. The molecular weight excluding hydrogens is 334 g/mol. The monoisotopic (exact) mass is 357 g/mol. The van der Waals surface area contributed by atoms with E-state index in [2.05, 4.69) is 35.1 Å². The highest BCUT2D eigenvalue weighted by atomic mass is 16.5. The van der Waals surface area contributed by atoms with Gasteiger partial charge in [0.2, 0.25) is 11.7 Å². The zero-order valence-corrected chi connectivity index (χ0v) is 15.2. The summed E-state index contributed by atoms with van der Waals surface area (Å²) in [5.41, 5.74) is 2.69. The molecule has 5 rings (SSSR count). The minimum atomic E-state index is -0.619. The molecule has 3 aliphatic rings. The summed E-state index contributed by atoms with van der Waals surface area (Å²) in [5, 5.41) is 8.65. The first-order valence-corrected chi connectivity index (χ1v) is 9.14. The molecule has 4 heterocycles. The van der Waals surface area contributed by atoms with E-state index < -0.39 is 5.60 Å². The zero-order chi connectivity index (χ0) is 17.9. The fraction of sp³-hybridized carbons (Fsp3) is 0.647. The van der Waals surface area contributed by atoms with Crippen LogP contribution in [0, 0.1) is 5.92 Å². The summed E-state index contributed by atoms with van der Waals surface area (Å²) in [6, 6.07) is 0.468. The van der Waals surface area contributed by atoms with Crippen LogP contribution in [0.4, 0.5) is 5.82 Å². The number of nitrogens with zero attached hydrogens (tertiary/aromatic N) is 6. The van der Waals surface area contributed by atoms with E-state index >= 15 is 0 Å². The highest BCUT2D eigenvalue weighted by Crippen LogP contribution is 2.45. The molecule has 9 nitrogen and oxygen atoms in total. The number of ether oxygens (including phenoxy) is 1. The second kappa shape index (κ2) is 5.54. The summed E-state index contributed by atoms with van der Waals surface area (Å²) in [6.07, 6.45) is 8.78. The Morgan fingerprint density at radius 2 is 2.15 bits per heavy atom. The van der Waals surface area contributed by atoms with Crippen molar-refractivity contribution in [2.45, 2.75) is 57.3 Å². The molecule has 3 atom stereocenters. The van der Waals surface area contributed by atoms with Crippen LogP contribution in [0.3, 0.4) is 0 Å². The molecule has 26 heavy (non-hydrogen) atoms. The average molecular weight is 357 g/mol. The molecule has 2 aromatic rings.